The van der Waals surface area contributed by atoms with Gasteiger partial charge >= 0.3 is 6.36 Å². The van der Waals surface area contributed by atoms with Crippen LogP contribution >= 0.6 is 34.9 Å². The second kappa shape index (κ2) is 15.0. The minimum Gasteiger partial charge on any atom is -0.287 e. The topological polar surface area (TPSA) is 26.3 Å². The zero-order chi connectivity index (χ0) is 26.7. The zero-order valence-corrected chi connectivity index (χ0v) is 23.5. The molecule has 8 heteroatoms. The summed E-state index contributed by atoms with van der Waals surface area (Å²) in [6, 6.07) is 16.1. The number of aryl methyl sites for hydroxylation is 1. The molecule has 3 aromatic rings. The van der Waals surface area contributed by atoms with Gasteiger partial charge < -0.3 is 0 Å². The number of hydrogen-bond acceptors (Lipinski definition) is 5. The van der Waals surface area contributed by atoms with Crippen LogP contribution in [0.15, 0.2) is 64.8 Å². The molecule has 0 spiro atoms. The molecule has 0 aliphatic carbocycles. The first-order valence-corrected chi connectivity index (χ1v) is 15.3. The van der Waals surface area contributed by atoms with E-state index in [0.29, 0.717) is 5.56 Å². The van der Waals surface area contributed by atoms with E-state index in [9.17, 15) is 18.0 Å². The Bertz CT molecular complexity index is 1210. The van der Waals surface area contributed by atoms with E-state index in [1.165, 1.54) is 44.1 Å². The molecule has 3 rings (SSSR count). The second-order valence-electron chi connectivity index (χ2n) is 8.82. The summed E-state index contributed by atoms with van der Waals surface area (Å²) < 4.78 is 41.8. The molecule has 0 saturated carbocycles. The molecular formula is C29H33F3O2S3. The van der Waals surface area contributed by atoms with Crippen molar-refractivity contribution in [2.45, 2.75) is 69.7 Å². The highest BCUT2D eigenvalue weighted by atomic mass is 32.2. The monoisotopic (exact) mass is 566 g/mol. The van der Waals surface area contributed by atoms with E-state index < -0.39 is 13.0 Å². The maximum Gasteiger partial charge on any atom is 0.522 e. The van der Waals surface area contributed by atoms with Crippen molar-refractivity contribution >= 4 is 49.9 Å². The summed E-state index contributed by atoms with van der Waals surface area (Å²) in [7, 11) is 0. The van der Waals surface area contributed by atoms with E-state index in [4.69, 9.17) is 0 Å². The van der Waals surface area contributed by atoms with Gasteiger partial charge in [0.05, 0.1) is 11.3 Å². The van der Waals surface area contributed by atoms with Crippen LogP contribution in [0.2, 0.25) is 0 Å². The van der Waals surface area contributed by atoms with Crippen molar-refractivity contribution in [3.05, 3.63) is 81.3 Å². The quantitative estimate of drug-likeness (QED) is 0.135. The molecule has 2 nitrogen and oxygen atoms in total. The first kappa shape index (κ1) is 29.8. The Hall–Kier alpha value is -1.74. The van der Waals surface area contributed by atoms with E-state index in [0.717, 1.165) is 49.2 Å². The van der Waals surface area contributed by atoms with Crippen LogP contribution in [0.1, 0.15) is 61.6 Å². The van der Waals surface area contributed by atoms with Gasteiger partial charge in [0.1, 0.15) is 0 Å². The van der Waals surface area contributed by atoms with Crippen LogP contribution in [0.3, 0.4) is 0 Å². The van der Waals surface area contributed by atoms with Crippen LogP contribution in [0.4, 0.5) is 13.2 Å². The summed E-state index contributed by atoms with van der Waals surface area (Å²) in [6.45, 7) is 5.11. The molecule has 0 bridgehead atoms. The first-order valence-electron chi connectivity index (χ1n) is 12.5. The minimum absolute atomic E-state index is 0.0803. The third-order valence-electron chi connectivity index (χ3n) is 6.08. The smallest absolute Gasteiger partial charge is 0.287 e. The Balaban J connectivity index is 1.34. The molecule has 0 N–H and O–H groups in total. The van der Waals surface area contributed by atoms with Gasteiger partial charge in [-0.05, 0) is 53.9 Å². The van der Waals surface area contributed by atoms with E-state index in [1.54, 1.807) is 18.7 Å². The van der Waals surface area contributed by atoms with Gasteiger partial charge in [-0.15, -0.1) is 36.7 Å². The van der Waals surface area contributed by atoms with Crippen molar-refractivity contribution in [2.75, 3.05) is 11.5 Å². The second-order valence-corrected chi connectivity index (χ2v) is 12.1. The third-order valence-corrected chi connectivity index (χ3v) is 9.50. The largest absolute Gasteiger partial charge is 0.522 e. The van der Waals surface area contributed by atoms with Crippen LogP contribution in [-0.2, 0) is 11.3 Å². The SMILES string of the molecule is C=C(SCCCCCCCCCSc1cccc2c(C)c(COC(F)(F)F)c(=O)sc12)c1ccccc1. The Labute approximate surface area is 229 Å². The number of halogens is 3. The molecule has 2 aromatic carbocycles. The highest BCUT2D eigenvalue weighted by Gasteiger charge is 2.30. The van der Waals surface area contributed by atoms with Crippen molar-refractivity contribution in [1.29, 1.82) is 0 Å². The standard InChI is InChI=1S/C29H33F3O2S3/c1-21-24-16-13-17-26(27(24)37-28(33)25(21)20-34-29(30,31)32)36-19-12-7-5-3-4-6-11-18-35-22(2)23-14-9-8-10-15-23/h8-10,13-17H,2-7,11-12,18-20H2,1H3. The number of alkyl halides is 3. The van der Waals surface area contributed by atoms with Crippen LogP contribution in [0, 0.1) is 6.92 Å². The average molecular weight is 567 g/mol. The van der Waals surface area contributed by atoms with Crippen molar-refractivity contribution in [3.63, 3.8) is 0 Å². The Morgan fingerprint density at radius 2 is 1.57 bits per heavy atom. The predicted octanol–water partition coefficient (Wildman–Crippen LogP) is 9.83. The number of ether oxygens (including phenoxy) is 1. The number of hydrogen-bond donors (Lipinski definition) is 0. The Morgan fingerprint density at radius 3 is 2.24 bits per heavy atom. The van der Waals surface area contributed by atoms with Gasteiger partial charge in [-0.1, -0.05) is 92.5 Å². The number of benzene rings is 2. The molecule has 1 aromatic heterocycles. The average Bonchev–Trinajstić information content (AvgIpc) is 2.87. The maximum absolute atomic E-state index is 12.5. The summed E-state index contributed by atoms with van der Waals surface area (Å²) in [5, 5.41) is 0.820. The van der Waals surface area contributed by atoms with Gasteiger partial charge in [-0.25, -0.2) is 0 Å². The lowest BCUT2D eigenvalue weighted by atomic mass is 10.1. The molecule has 0 fully saturated rings. The summed E-state index contributed by atoms with van der Waals surface area (Å²) in [5.41, 5.74) is 1.85. The molecule has 0 saturated heterocycles. The van der Waals surface area contributed by atoms with Crippen molar-refractivity contribution in [2.24, 2.45) is 0 Å². The van der Waals surface area contributed by atoms with Gasteiger partial charge in [-0.3, -0.25) is 9.53 Å². The van der Waals surface area contributed by atoms with Crippen LogP contribution in [-0.4, -0.2) is 17.9 Å². The van der Waals surface area contributed by atoms with Gasteiger partial charge in [0, 0.05) is 15.4 Å². The molecule has 0 unspecified atom stereocenters. The highest BCUT2D eigenvalue weighted by molar-refractivity contribution is 8.08. The fourth-order valence-electron chi connectivity index (χ4n) is 3.99. The fourth-order valence-corrected chi connectivity index (χ4v) is 7.20. The molecule has 0 radical (unpaired) electrons. The minimum atomic E-state index is -4.76. The van der Waals surface area contributed by atoms with Crippen LogP contribution < -0.4 is 4.74 Å². The van der Waals surface area contributed by atoms with Crippen molar-refractivity contribution in [3.8, 4) is 0 Å². The number of thioether (sulfide) groups is 2. The summed E-state index contributed by atoms with van der Waals surface area (Å²) >= 11 is 4.57. The maximum atomic E-state index is 12.5. The number of rotatable bonds is 15. The molecule has 37 heavy (non-hydrogen) atoms. The van der Waals surface area contributed by atoms with Gasteiger partial charge in [0.25, 0.3) is 0 Å². The van der Waals surface area contributed by atoms with Crippen molar-refractivity contribution < 1.29 is 17.9 Å². The molecule has 0 aliphatic heterocycles. The van der Waals surface area contributed by atoms with Crippen molar-refractivity contribution in [1.82, 2.24) is 0 Å². The molecular weight excluding hydrogens is 534 g/mol. The lowest BCUT2D eigenvalue weighted by molar-refractivity contribution is -0.330. The number of fused-ring (bicyclic) bond motifs is 1. The number of unbranched alkanes of at least 4 members (excludes halogenated alkanes) is 6. The lowest BCUT2D eigenvalue weighted by Gasteiger charge is -2.12. The van der Waals surface area contributed by atoms with Crippen LogP contribution in [0.5, 0.6) is 0 Å². The first-order chi connectivity index (χ1) is 17.8. The zero-order valence-electron chi connectivity index (χ0n) is 21.1. The van der Waals surface area contributed by atoms with E-state index in [1.807, 2.05) is 48.2 Å². The normalized spacial score (nSPS) is 11.8. The molecule has 0 amide bonds. The summed E-state index contributed by atoms with van der Waals surface area (Å²) in [4.78, 5) is 14.7. The molecule has 0 aliphatic rings. The fraction of sp³-hybridized carbons (Fsp3) is 0.414. The highest BCUT2D eigenvalue weighted by Crippen LogP contribution is 2.33. The predicted molar refractivity (Wildman–Crippen MR) is 155 cm³/mol. The lowest BCUT2D eigenvalue weighted by Crippen LogP contribution is -2.17. The van der Waals surface area contributed by atoms with E-state index in [2.05, 4.69) is 23.4 Å². The van der Waals surface area contributed by atoms with E-state index in [-0.39, 0.29) is 10.3 Å². The molecule has 0 atom stereocenters. The van der Waals surface area contributed by atoms with Crippen LogP contribution in [0.25, 0.3) is 15.0 Å². The molecule has 1 heterocycles. The molecule has 200 valence electrons. The summed E-state index contributed by atoms with van der Waals surface area (Å²) in [6.07, 6.45) is 3.68. The third kappa shape index (κ3) is 9.82. The Kier molecular flexibility index (Phi) is 12.1. The van der Waals surface area contributed by atoms with Gasteiger partial charge in [0.2, 0.25) is 4.74 Å². The van der Waals surface area contributed by atoms with Gasteiger partial charge in [-0.2, -0.15) is 0 Å². The van der Waals surface area contributed by atoms with E-state index >= 15 is 0 Å². The summed E-state index contributed by atoms with van der Waals surface area (Å²) in [5.74, 6) is 2.06. The Morgan fingerprint density at radius 1 is 0.919 bits per heavy atom. The van der Waals surface area contributed by atoms with Gasteiger partial charge in [0.15, 0.2) is 0 Å².